The second-order valence-corrected chi connectivity index (χ2v) is 5.81. The summed E-state index contributed by atoms with van der Waals surface area (Å²) in [5.41, 5.74) is -0.120. The van der Waals surface area contributed by atoms with Gasteiger partial charge in [0.15, 0.2) is 0 Å². The number of ether oxygens (including phenoxy) is 1. The molecule has 0 heterocycles. The van der Waals surface area contributed by atoms with Gasteiger partial charge in [-0.1, -0.05) is 17.7 Å². The van der Waals surface area contributed by atoms with E-state index < -0.39 is 15.9 Å². The number of likely N-dealkylation sites (N-methyl/N-ethyl adjacent to an activating group) is 1. The summed E-state index contributed by atoms with van der Waals surface area (Å²) in [4.78, 5) is 13.2. The minimum atomic E-state index is -4.02. The van der Waals surface area contributed by atoms with Gasteiger partial charge < -0.3 is 9.64 Å². The van der Waals surface area contributed by atoms with Crippen LogP contribution in [0.3, 0.4) is 0 Å². The van der Waals surface area contributed by atoms with Gasteiger partial charge in [0.2, 0.25) is 10.0 Å². The number of primary sulfonamides is 1. The average Bonchev–Trinajstić information content (AvgIpc) is 2.33. The summed E-state index contributed by atoms with van der Waals surface area (Å²) < 4.78 is 27.8. The van der Waals surface area contributed by atoms with Gasteiger partial charge in [-0.05, 0) is 12.1 Å². The molecule has 0 fully saturated rings. The molecule has 1 rings (SSSR count). The molecule has 0 bridgehead atoms. The fourth-order valence-electron chi connectivity index (χ4n) is 1.47. The lowest BCUT2D eigenvalue weighted by Gasteiger charge is -2.18. The second-order valence-electron chi connectivity index (χ2n) is 3.88. The third-order valence-corrected chi connectivity index (χ3v) is 3.74. The Morgan fingerprint density at radius 2 is 2.11 bits per heavy atom. The van der Waals surface area contributed by atoms with Crippen LogP contribution in [0.25, 0.3) is 0 Å². The molecule has 0 aliphatic rings. The van der Waals surface area contributed by atoms with Crippen molar-refractivity contribution < 1.29 is 17.9 Å². The standard InChI is InChI=1S/C11H15ClN2O4S/c1-14(6-7-18-2)11(15)10-8(12)4-3-5-9(10)19(13,16)17/h3-5H,6-7H2,1-2H3,(H2,13,16,17). The first kappa shape index (κ1) is 15.9. The normalized spacial score (nSPS) is 11.4. The van der Waals surface area contributed by atoms with Crippen LogP contribution in [0.4, 0.5) is 0 Å². The number of methoxy groups -OCH3 is 1. The Labute approximate surface area is 117 Å². The molecule has 106 valence electrons. The van der Waals surface area contributed by atoms with Crippen LogP contribution >= 0.6 is 11.6 Å². The topological polar surface area (TPSA) is 89.7 Å². The molecule has 1 aromatic rings. The zero-order chi connectivity index (χ0) is 14.6. The smallest absolute Gasteiger partial charge is 0.256 e. The summed E-state index contributed by atoms with van der Waals surface area (Å²) in [6.45, 7) is 0.641. The first-order chi connectivity index (χ1) is 8.79. The van der Waals surface area contributed by atoms with Crippen molar-refractivity contribution in [2.24, 2.45) is 5.14 Å². The molecule has 0 saturated carbocycles. The van der Waals surface area contributed by atoms with E-state index in [9.17, 15) is 13.2 Å². The van der Waals surface area contributed by atoms with Crippen molar-refractivity contribution >= 4 is 27.5 Å². The van der Waals surface area contributed by atoms with Gasteiger partial charge in [-0.25, -0.2) is 13.6 Å². The number of nitrogens with zero attached hydrogens (tertiary/aromatic N) is 1. The molecule has 0 saturated heterocycles. The Hall–Kier alpha value is -1.15. The SMILES string of the molecule is COCCN(C)C(=O)c1c(Cl)cccc1S(N)(=O)=O. The van der Waals surface area contributed by atoms with Gasteiger partial charge in [0.1, 0.15) is 0 Å². The summed E-state index contributed by atoms with van der Waals surface area (Å²) >= 11 is 5.91. The van der Waals surface area contributed by atoms with Crippen LogP contribution in [0.1, 0.15) is 10.4 Å². The summed E-state index contributed by atoms with van der Waals surface area (Å²) in [7, 11) is -0.989. The van der Waals surface area contributed by atoms with Gasteiger partial charge in [0, 0.05) is 20.7 Å². The van der Waals surface area contributed by atoms with Crippen molar-refractivity contribution in [2.75, 3.05) is 27.3 Å². The molecular weight excluding hydrogens is 292 g/mol. The third-order valence-electron chi connectivity index (χ3n) is 2.47. The molecule has 6 nitrogen and oxygen atoms in total. The van der Waals surface area contributed by atoms with Gasteiger partial charge in [0.25, 0.3) is 5.91 Å². The first-order valence-electron chi connectivity index (χ1n) is 5.34. The van der Waals surface area contributed by atoms with Gasteiger partial charge in [-0.15, -0.1) is 0 Å². The highest BCUT2D eigenvalue weighted by molar-refractivity contribution is 7.89. The Balaban J connectivity index is 3.23. The maximum Gasteiger partial charge on any atom is 0.256 e. The number of nitrogens with two attached hydrogens (primary N) is 1. The second kappa shape index (κ2) is 6.33. The summed E-state index contributed by atoms with van der Waals surface area (Å²) in [5.74, 6) is -0.522. The summed E-state index contributed by atoms with van der Waals surface area (Å²) in [5, 5.41) is 5.13. The fourth-order valence-corrected chi connectivity index (χ4v) is 2.53. The van der Waals surface area contributed by atoms with E-state index in [1.807, 2.05) is 0 Å². The average molecular weight is 307 g/mol. The van der Waals surface area contributed by atoms with E-state index in [1.54, 1.807) is 0 Å². The largest absolute Gasteiger partial charge is 0.383 e. The molecule has 0 aliphatic carbocycles. The lowest BCUT2D eigenvalue weighted by Crippen LogP contribution is -2.32. The van der Waals surface area contributed by atoms with Gasteiger partial charge in [-0.2, -0.15) is 0 Å². The number of rotatable bonds is 5. The van der Waals surface area contributed by atoms with E-state index in [-0.39, 0.29) is 15.5 Å². The first-order valence-corrected chi connectivity index (χ1v) is 7.27. The van der Waals surface area contributed by atoms with E-state index in [4.69, 9.17) is 21.5 Å². The molecule has 1 amide bonds. The van der Waals surface area contributed by atoms with Gasteiger partial charge in [-0.3, -0.25) is 4.79 Å². The summed E-state index contributed by atoms with van der Waals surface area (Å²) in [6.07, 6.45) is 0. The maximum absolute atomic E-state index is 12.2. The van der Waals surface area contributed by atoms with Crippen LogP contribution in [-0.2, 0) is 14.8 Å². The molecule has 0 atom stereocenters. The van der Waals surface area contributed by atoms with Crippen LogP contribution < -0.4 is 5.14 Å². The van der Waals surface area contributed by atoms with E-state index in [1.165, 1.54) is 37.3 Å². The van der Waals surface area contributed by atoms with Crippen molar-refractivity contribution in [3.63, 3.8) is 0 Å². The van der Waals surface area contributed by atoms with Crippen molar-refractivity contribution in [2.45, 2.75) is 4.90 Å². The van der Waals surface area contributed by atoms with Crippen LogP contribution in [0.5, 0.6) is 0 Å². The van der Waals surface area contributed by atoms with Crippen molar-refractivity contribution in [1.29, 1.82) is 0 Å². The highest BCUT2D eigenvalue weighted by Gasteiger charge is 2.24. The number of hydrogen-bond acceptors (Lipinski definition) is 4. The third kappa shape index (κ3) is 3.90. The molecule has 0 aromatic heterocycles. The Bertz CT molecular complexity index is 574. The molecule has 19 heavy (non-hydrogen) atoms. The molecule has 1 aromatic carbocycles. The number of carbonyl (C=O) groups excluding carboxylic acids is 1. The number of carbonyl (C=O) groups is 1. The molecular formula is C11H15ClN2O4S. The minimum absolute atomic E-state index is 0.0424. The Morgan fingerprint density at radius 3 is 2.63 bits per heavy atom. The molecule has 0 aliphatic heterocycles. The number of hydrogen-bond donors (Lipinski definition) is 1. The Morgan fingerprint density at radius 1 is 1.47 bits per heavy atom. The van der Waals surface area contributed by atoms with E-state index >= 15 is 0 Å². The van der Waals surface area contributed by atoms with E-state index in [2.05, 4.69) is 0 Å². The predicted molar refractivity (Wildman–Crippen MR) is 71.7 cm³/mol. The van der Waals surface area contributed by atoms with E-state index in [0.29, 0.717) is 13.2 Å². The highest BCUT2D eigenvalue weighted by atomic mass is 35.5. The number of sulfonamides is 1. The van der Waals surface area contributed by atoms with Gasteiger partial charge in [0.05, 0.1) is 22.1 Å². The Kier molecular flexibility index (Phi) is 5.30. The van der Waals surface area contributed by atoms with Crippen LogP contribution in [0.15, 0.2) is 23.1 Å². The zero-order valence-corrected chi connectivity index (χ0v) is 12.2. The lowest BCUT2D eigenvalue weighted by molar-refractivity contribution is 0.0740. The van der Waals surface area contributed by atoms with Crippen LogP contribution in [0, 0.1) is 0 Å². The number of benzene rings is 1. The predicted octanol–water partition coefficient (Wildman–Crippen LogP) is 0.706. The maximum atomic E-state index is 12.2. The molecule has 0 unspecified atom stereocenters. The highest BCUT2D eigenvalue weighted by Crippen LogP contribution is 2.24. The molecule has 0 radical (unpaired) electrons. The molecule has 2 N–H and O–H groups in total. The van der Waals surface area contributed by atoms with Crippen molar-refractivity contribution in [3.05, 3.63) is 28.8 Å². The summed E-state index contributed by atoms with van der Waals surface area (Å²) in [6, 6.07) is 4.11. The van der Waals surface area contributed by atoms with Crippen molar-refractivity contribution in [3.8, 4) is 0 Å². The quantitative estimate of drug-likeness (QED) is 0.867. The lowest BCUT2D eigenvalue weighted by atomic mass is 10.2. The molecule has 8 heteroatoms. The van der Waals surface area contributed by atoms with Gasteiger partial charge >= 0.3 is 0 Å². The van der Waals surface area contributed by atoms with Crippen LogP contribution in [-0.4, -0.2) is 46.5 Å². The monoisotopic (exact) mass is 306 g/mol. The minimum Gasteiger partial charge on any atom is -0.383 e. The fraction of sp³-hybridized carbons (Fsp3) is 0.364. The van der Waals surface area contributed by atoms with E-state index in [0.717, 1.165) is 0 Å². The number of halogens is 1. The van der Waals surface area contributed by atoms with Crippen LogP contribution in [0.2, 0.25) is 5.02 Å². The number of amides is 1. The zero-order valence-electron chi connectivity index (χ0n) is 10.6. The van der Waals surface area contributed by atoms with Crippen molar-refractivity contribution in [1.82, 2.24) is 4.90 Å². The molecule has 0 spiro atoms.